The Morgan fingerprint density at radius 1 is 1.33 bits per heavy atom. The molecule has 1 aromatic rings. The van der Waals surface area contributed by atoms with Crippen molar-refractivity contribution in [1.82, 2.24) is 0 Å². The van der Waals surface area contributed by atoms with Crippen LogP contribution in [0.2, 0.25) is 0 Å². The Bertz CT molecular complexity index is 308. The molecule has 82 valence electrons. The van der Waals surface area contributed by atoms with E-state index in [1.54, 1.807) is 0 Å². The summed E-state index contributed by atoms with van der Waals surface area (Å²) in [7, 11) is 0. The van der Waals surface area contributed by atoms with Crippen molar-refractivity contribution in [1.29, 1.82) is 0 Å². The molecule has 1 aromatic carbocycles. The molecule has 0 amide bonds. The number of benzene rings is 1. The second-order valence-electron chi connectivity index (χ2n) is 4.20. The summed E-state index contributed by atoms with van der Waals surface area (Å²) in [4.78, 5) is 1.31. The van der Waals surface area contributed by atoms with Gasteiger partial charge in [-0.3, -0.25) is 0 Å². The van der Waals surface area contributed by atoms with E-state index in [1.165, 1.54) is 24.2 Å². The van der Waals surface area contributed by atoms with Crippen LogP contribution < -0.4 is 5.73 Å². The number of thioether (sulfide) groups is 1. The zero-order valence-corrected chi connectivity index (χ0v) is 11.1. The highest BCUT2D eigenvalue weighted by molar-refractivity contribution is 9.10. The smallest absolute Gasteiger partial charge is 0.0176 e. The molecule has 1 nitrogen and oxygen atoms in total. The highest BCUT2D eigenvalue weighted by Gasteiger charge is 2.23. The van der Waals surface area contributed by atoms with E-state index in [4.69, 9.17) is 5.73 Å². The second kappa shape index (κ2) is 5.37. The molecule has 1 unspecified atom stereocenters. The first-order chi connectivity index (χ1) is 7.24. The summed E-state index contributed by atoms with van der Waals surface area (Å²) in [6.07, 6.45) is 4.01. The van der Waals surface area contributed by atoms with Crippen LogP contribution in [0.5, 0.6) is 0 Å². The fourth-order valence-electron chi connectivity index (χ4n) is 1.58. The zero-order chi connectivity index (χ0) is 10.7. The maximum atomic E-state index is 6.06. The highest BCUT2D eigenvalue weighted by atomic mass is 79.9. The van der Waals surface area contributed by atoms with Gasteiger partial charge < -0.3 is 5.73 Å². The molecular weight excluding hydrogens is 270 g/mol. The molecule has 0 bridgehead atoms. The second-order valence-corrected chi connectivity index (χ2v) is 6.21. The Morgan fingerprint density at radius 2 is 2.00 bits per heavy atom. The molecular formula is C12H16BrNS. The van der Waals surface area contributed by atoms with Crippen LogP contribution in [0.4, 0.5) is 0 Å². The topological polar surface area (TPSA) is 26.0 Å². The average Bonchev–Trinajstić information content (AvgIpc) is 3.01. The maximum absolute atomic E-state index is 6.06. The number of hydrogen-bond acceptors (Lipinski definition) is 2. The molecule has 1 fully saturated rings. The minimum Gasteiger partial charge on any atom is -0.327 e. The van der Waals surface area contributed by atoms with E-state index in [9.17, 15) is 0 Å². The standard InChI is InChI=1S/C12H16BrNS/c13-10-3-5-12(6-4-10)15-8-11(14)7-9-1-2-9/h3-6,9,11H,1-2,7-8,14H2. The molecule has 0 heterocycles. The zero-order valence-electron chi connectivity index (χ0n) is 8.66. The van der Waals surface area contributed by atoms with Gasteiger partial charge in [-0.15, -0.1) is 11.8 Å². The fourth-order valence-corrected chi connectivity index (χ4v) is 2.72. The van der Waals surface area contributed by atoms with E-state index in [-0.39, 0.29) is 0 Å². The van der Waals surface area contributed by atoms with Gasteiger partial charge in [0.15, 0.2) is 0 Å². The molecule has 3 heteroatoms. The van der Waals surface area contributed by atoms with Gasteiger partial charge in [-0.05, 0) is 36.6 Å². The average molecular weight is 286 g/mol. The minimum absolute atomic E-state index is 0.367. The van der Waals surface area contributed by atoms with Gasteiger partial charge in [-0.25, -0.2) is 0 Å². The van der Waals surface area contributed by atoms with Crippen molar-refractivity contribution < 1.29 is 0 Å². The van der Waals surface area contributed by atoms with Crippen molar-refractivity contribution >= 4 is 27.7 Å². The fraction of sp³-hybridized carbons (Fsp3) is 0.500. The molecule has 2 N–H and O–H groups in total. The Kier molecular flexibility index (Phi) is 4.12. The van der Waals surface area contributed by atoms with E-state index in [0.717, 1.165) is 16.1 Å². The molecule has 1 aliphatic carbocycles. The van der Waals surface area contributed by atoms with Crippen LogP contribution >= 0.6 is 27.7 Å². The van der Waals surface area contributed by atoms with Crippen LogP contribution in [0, 0.1) is 5.92 Å². The van der Waals surface area contributed by atoms with E-state index in [0.29, 0.717) is 6.04 Å². The molecule has 15 heavy (non-hydrogen) atoms. The third-order valence-electron chi connectivity index (χ3n) is 2.61. The minimum atomic E-state index is 0.367. The Labute approximate surface area is 104 Å². The van der Waals surface area contributed by atoms with E-state index < -0.39 is 0 Å². The lowest BCUT2D eigenvalue weighted by Gasteiger charge is -2.10. The first kappa shape index (κ1) is 11.5. The normalized spacial score (nSPS) is 17.7. The van der Waals surface area contributed by atoms with Crippen molar-refractivity contribution in [3.05, 3.63) is 28.7 Å². The Morgan fingerprint density at radius 3 is 2.60 bits per heavy atom. The van der Waals surface area contributed by atoms with Crippen LogP contribution in [0.25, 0.3) is 0 Å². The Hall–Kier alpha value is 0.01000. The molecule has 1 saturated carbocycles. The van der Waals surface area contributed by atoms with Gasteiger partial charge in [0, 0.05) is 21.2 Å². The van der Waals surface area contributed by atoms with Gasteiger partial charge in [0.2, 0.25) is 0 Å². The summed E-state index contributed by atoms with van der Waals surface area (Å²) in [5, 5.41) is 0. The third-order valence-corrected chi connectivity index (χ3v) is 4.34. The molecule has 1 atom stereocenters. The summed E-state index contributed by atoms with van der Waals surface area (Å²) in [6.45, 7) is 0. The summed E-state index contributed by atoms with van der Waals surface area (Å²) in [5.74, 6) is 1.98. The third kappa shape index (κ3) is 4.17. The van der Waals surface area contributed by atoms with Crippen molar-refractivity contribution in [2.45, 2.75) is 30.2 Å². The summed E-state index contributed by atoms with van der Waals surface area (Å²) in [5.41, 5.74) is 6.06. The SMILES string of the molecule is NC(CSc1ccc(Br)cc1)CC1CC1. The number of rotatable bonds is 5. The number of nitrogens with two attached hydrogens (primary N) is 1. The van der Waals surface area contributed by atoms with Crippen LogP contribution in [-0.4, -0.2) is 11.8 Å². The van der Waals surface area contributed by atoms with E-state index >= 15 is 0 Å². The first-order valence-corrected chi connectivity index (χ1v) is 7.16. The van der Waals surface area contributed by atoms with Crippen molar-refractivity contribution in [2.24, 2.45) is 11.7 Å². The predicted molar refractivity (Wildman–Crippen MR) is 70.2 cm³/mol. The quantitative estimate of drug-likeness (QED) is 0.836. The van der Waals surface area contributed by atoms with Gasteiger partial charge in [-0.1, -0.05) is 28.8 Å². The molecule has 0 spiro atoms. The molecule has 0 saturated heterocycles. The van der Waals surface area contributed by atoms with Crippen molar-refractivity contribution in [2.75, 3.05) is 5.75 Å². The largest absolute Gasteiger partial charge is 0.327 e. The van der Waals surface area contributed by atoms with Crippen LogP contribution in [0.15, 0.2) is 33.6 Å². The van der Waals surface area contributed by atoms with Crippen LogP contribution in [0.1, 0.15) is 19.3 Å². The van der Waals surface area contributed by atoms with Gasteiger partial charge in [0.05, 0.1) is 0 Å². The van der Waals surface area contributed by atoms with Crippen LogP contribution in [-0.2, 0) is 0 Å². The monoisotopic (exact) mass is 285 g/mol. The summed E-state index contributed by atoms with van der Waals surface area (Å²) in [6, 6.07) is 8.80. The molecule has 2 rings (SSSR count). The summed E-state index contributed by atoms with van der Waals surface area (Å²) >= 11 is 5.29. The maximum Gasteiger partial charge on any atom is 0.0176 e. The molecule has 0 aliphatic heterocycles. The molecule has 1 aliphatic rings. The van der Waals surface area contributed by atoms with Crippen molar-refractivity contribution in [3.8, 4) is 0 Å². The lowest BCUT2D eigenvalue weighted by atomic mass is 10.2. The van der Waals surface area contributed by atoms with E-state index in [1.807, 2.05) is 11.8 Å². The van der Waals surface area contributed by atoms with Gasteiger partial charge >= 0.3 is 0 Å². The van der Waals surface area contributed by atoms with Gasteiger partial charge in [-0.2, -0.15) is 0 Å². The highest BCUT2D eigenvalue weighted by Crippen LogP contribution is 2.34. The van der Waals surface area contributed by atoms with Crippen molar-refractivity contribution in [3.63, 3.8) is 0 Å². The van der Waals surface area contributed by atoms with Gasteiger partial charge in [0.25, 0.3) is 0 Å². The van der Waals surface area contributed by atoms with E-state index in [2.05, 4.69) is 40.2 Å². The molecule has 0 radical (unpaired) electrons. The summed E-state index contributed by atoms with van der Waals surface area (Å²) < 4.78 is 1.13. The Balaban J connectivity index is 1.74. The number of halogens is 1. The first-order valence-electron chi connectivity index (χ1n) is 5.38. The predicted octanol–water partition coefficient (Wildman–Crippen LogP) is 3.67. The van der Waals surface area contributed by atoms with Gasteiger partial charge in [0.1, 0.15) is 0 Å². The van der Waals surface area contributed by atoms with Crippen LogP contribution in [0.3, 0.4) is 0 Å². The lowest BCUT2D eigenvalue weighted by molar-refractivity contribution is 0.617. The molecule has 0 aromatic heterocycles. The lowest BCUT2D eigenvalue weighted by Crippen LogP contribution is -2.23. The number of hydrogen-bond donors (Lipinski definition) is 1.